The van der Waals surface area contributed by atoms with Crippen LogP contribution in [0.5, 0.6) is 5.75 Å². The average Bonchev–Trinajstić information content (AvgIpc) is 2.69. The Morgan fingerprint density at radius 3 is 2.65 bits per heavy atom. The highest BCUT2D eigenvalue weighted by Gasteiger charge is 2.15. The van der Waals surface area contributed by atoms with E-state index >= 15 is 0 Å². The second-order valence-electron chi connectivity index (χ2n) is 3.74. The van der Waals surface area contributed by atoms with Gasteiger partial charge in [-0.2, -0.15) is 0 Å². The first-order chi connectivity index (χ1) is 8.18. The molecule has 4 nitrogen and oxygen atoms in total. The monoisotopic (exact) mass is 231 g/mol. The van der Waals surface area contributed by atoms with E-state index in [1.165, 1.54) is 6.20 Å². The van der Waals surface area contributed by atoms with Gasteiger partial charge in [-0.1, -0.05) is 30.3 Å². The molecule has 0 unspecified atom stereocenters. The molecule has 0 saturated heterocycles. The van der Waals surface area contributed by atoms with Gasteiger partial charge in [-0.3, -0.25) is 0 Å². The summed E-state index contributed by atoms with van der Waals surface area (Å²) in [5.74, 6) is -0.400. The first-order valence-corrected chi connectivity index (χ1v) is 5.26. The molecule has 0 amide bonds. The van der Waals surface area contributed by atoms with Crippen molar-refractivity contribution in [2.24, 2.45) is 0 Å². The standard InChI is InChI=1S/C13H13NO3/c1-9-11(15)7-14-12(9)13(16)17-8-10-5-3-2-4-6-10/h2-7,14-15H,8H2,1H3. The van der Waals surface area contributed by atoms with Gasteiger partial charge in [-0.25, -0.2) is 4.79 Å². The normalized spacial score (nSPS) is 10.2. The van der Waals surface area contributed by atoms with Crippen LogP contribution < -0.4 is 0 Å². The summed E-state index contributed by atoms with van der Waals surface area (Å²) in [5.41, 5.74) is 1.72. The van der Waals surface area contributed by atoms with Gasteiger partial charge in [0.2, 0.25) is 0 Å². The largest absolute Gasteiger partial charge is 0.506 e. The van der Waals surface area contributed by atoms with Gasteiger partial charge in [-0.05, 0) is 12.5 Å². The number of hydrogen-bond acceptors (Lipinski definition) is 3. The lowest BCUT2D eigenvalue weighted by Crippen LogP contribution is -2.07. The molecule has 0 radical (unpaired) electrons. The summed E-state index contributed by atoms with van der Waals surface area (Å²) in [6.45, 7) is 1.88. The minimum atomic E-state index is -0.466. The van der Waals surface area contributed by atoms with Crippen LogP contribution in [-0.4, -0.2) is 16.1 Å². The summed E-state index contributed by atoms with van der Waals surface area (Å²) in [6, 6.07) is 9.43. The number of hydrogen-bond donors (Lipinski definition) is 2. The van der Waals surface area contributed by atoms with Crippen LogP contribution in [0.1, 0.15) is 21.6 Å². The van der Waals surface area contributed by atoms with E-state index < -0.39 is 5.97 Å². The van der Waals surface area contributed by atoms with Gasteiger partial charge in [0.1, 0.15) is 18.1 Å². The second-order valence-corrected chi connectivity index (χ2v) is 3.74. The highest BCUT2D eigenvalue weighted by Crippen LogP contribution is 2.19. The Kier molecular flexibility index (Phi) is 3.14. The summed E-state index contributed by atoms with van der Waals surface area (Å²) in [6.07, 6.45) is 1.37. The molecule has 2 aromatic rings. The summed E-state index contributed by atoms with van der Waals surface area (Å²) in [4.78, 5) is 14.4. The molecular formula is C13H13NO3. The fraction of sp³-hybridized carbons (Fsp3) is 0.154. The number of benzene rings is 1. The maximum atomic E-state index is 11.7. The first-order valence-electron chi connectivity index (χ1n) is 5.26. The molecular weight excluding hydrogens is 218 g/mol. The third-order valence-corrected chi connectivity index (χ3v) is 2.53. The molecule has 17 heavy (non-hydrogen) atoms. The van der Waals surface area contributed by atoms with Crippen molar-refractivity contribution in [1.82, 2.24) is 4.98 Å². The van der Waals surface area contributed by atoms with Crippen LogP contribution in [0.3, 0.4) is 0 Å². The molecule has 0 atom stereocenters. The number of carbonyl (C=O) groups is 1. The van der Waals surface area contributed by atoms with Crippen molar-refractivity contribution in [1.29, 1.82) is 0 Å². The van der Waals surface area contributed by atoms with Crippen molar-refractivity contribution in [2.45, 2.75) is 13.5 Å². The highest BCUT2D eigenvalue weighted by atomic mass is 16.5. The Labute approximate surface area is 98.9 Å². The number of aromatic hydroxyl groups is 1. The Bertz CT molecular complexity index is 517. The molecule has 1 aromatic carbocycles. The summed E-state index contributed by atoms with van der Waals surface area (Å²) in [7, 11) is 0. The van der Waals surface area contributed by atoms with E-state index in [-0.39, 0.29) is 12.4 Å². The molecule has 0 aliphatic heterocycles. The molecule has 0 bridgehead atoms. The SMILES string of the molecule is Cc1c(O)c[nH]c1C(=O)OCc1ccccc1. The fourth-order valence-corrected chi connectivity index (χ4v) is 1.49. The van der Waals surface area contributed by atoms with Crippen LogP contribution in [0.25, 0.3) is 0 Å². The number of aromatic nitrogens is 1. The lowest BCUT2D eigenvalue weighted by molar-refractivity contribution is 0.0465. The van der Waals surface area contributed by atoms with Crippen LogP contribution >= 0.6 is 0 Å². The Morgan fingerprint density at radius 1 is 1.35 bits per heavy atom. The molecule has 1 heterocycles. The Hall–Kier alpha value is -2.23. The number of H-pyrrole nitrogens is 1. The second kappa shape index (κ2) is 4.74. The number of rotatable bonds is 3. The van der Waals surface area contributed by atoms with Crippen molar-refractivity contribution in [3.05, 3.63) is 53.3 Å². The van der Waals surface area contributed by atoms with Crippen LogP contribution in [0, 0.1) is 6.92 Å². The van der Waals surface area contributed by atoms with Gasteiger partial charge in [0.15, 0.2) is 0 Å². The average molecular weight is 231 g/mol. The zero-order valence-corrected chi connectivity index (χ0v) is 9.43. The molecule has 88 valence electrons. The van der Waals surface area contributed by atoms with Crippen LogP contribution in [0.15, 0.2) is 36.5 Å². The van der Waals surface area contributed by atoms with Crippen LogP contribution in [-0.2, 0) is 11.3 Å². The Morgan fingerprint density at radius 2 is 2.06 bits per heavy atom. The van der Waals surface area contributed by atoms with E-state index in [1.54, 1.807) is 6.92 Å². The molecule has 2 rings (SSSR count). The lowest BCUT2D eigenvalue weighted by atomic mass is 10.2. The zero-order chi connectivity index (χ0) is 12.3. The first kappa shape index (κ1) is 11.3. The summed E-state index contributed by atoms with van der Waals surface area (Å²) >= 11 is 0. The quantitative estimate of drug-likeness (QED) is 0.797. The van der Waals surface area contributed by atoms with E-state index in [0.717, 1.165) is 5.56 Å². The molecule has 1 aromatic heterocycles. The number of ether oxygens (including phenoxy) is 1. The molecule has 0 saturated carbocycles. The third-order valence-electron chi connectivity index (χ3n) is 2.53. The number of aromatic amines is 1. The van der Waals surface area contributed by atoms with Crippen molar-refractivity contribution >= 4 is 5.97 Å². The van der Waals surface area contributed by atoms with E-state index in [9.17, 15) is 9.90 Å². The zero-order valence-electron chi connectivity index (χ0n) is 9.43. The third kappa shape index (κ3) is 2.47. The smallest absolute Gasteiger partial charge is 0.355 e. The van der Waals surface area contributed by atoms with Crippen molar-refractivity contribution in [3.63, 3.8) is 0 Å². The van der Waals surface area contributed by atoms with Gasteiger partial charge in [0, 0.05) is 11.8 Å². The van der Waals surface area contributed by atoms with Crippen LogP contribution in [0.4, 0.5) is 0 Å². The van der Waals surface area contributed by atoms with Crippen molar-refractivity contribution < 1.29 is 14.6 Å². The molecule has 0 aliphatic carbocycles. The van der Waals surface area contributed by atoms with E-state index in [1.807, 2.05) is 30.3 Å². The summed E-state index contributed by atoms with van der Waals surface area (Å²) < 4.78 is 5.13. The number of esters is 1. The van der Waals surface area contributed by atoms with Gasteiger partial charge < -0.3 is 14.8 Å². The van der Waals surface area contributed by atoms with Gasteiger partial charge in [-0.15, -0.1) is 0 Å². The van der Waals surface area contributed by atoms with Gasteiger partial charge in [0.05, 0.1) is 0 Å². The fourth-order valence-electron chi connectivity index (χ4n) is 1.49. The maximum Gasteiger partial charge on any atom is 0.355 e. The van der Waals surface area contributed by atoms with E-state index in [4.69, 9.17) is 4.74 Å². The lowest BCUT2D eigenvalue weighted by Gasteiger charge is -2.04. The van der Waals surface area contributed by atoms with Crippen molar-refractivity contribution in [3.8, 4) is 5.75 Å². The molecule has 0 spiro atoms. The predicted octanol–water partition coefficient (Wildman–Crippen LogP) is 2.39. The predicted molar refractivity (Wildman–Crippen MR) is 62.8 cm³/mol. The number of carbonyl (C=O) groups excluding carboxylic acids is 1. The van der Waals surface area contributed by atoms with E-state index in [0.29, 0.717) is 11.3 Å². The van der Waals surface area contributed by atoms with Crippen LogP contribution in [0.2, 0.25) is 0 Å². The molecule has 0 fully saturated rings. The van der Waals surface area contributed by atoms with Gasteiger partial charge >= 0.3 is 5.97 Å². The van der Waals surface area contributed by atoms with Gasteiger partial charge in [0.25, 0.3) is 0 Å². The molecule has 0 aliphatic rings. The molecule has 2 N–H and O–H groups in total. The Balaban J connectivity index is 2.01. The van der Waals surface area contributed by atoms with E-state index in [2.05, 4.69) is 4.98 Å². The minimum absolute atomic E-state index is 0.0664. The number of nitrogens with one attached hydrogen (secondary N) is 1. The van der Waals surface area contributed by atoms with Crippen molar-refractivity contribution in [2.75, 3.05) is 0 Å². The maximum absolute atomic E-state index is 11.7. The highest BCUT2D eigenvalue weighted by molar-refractivity contribution is 5.89. The summed E-state index contributed by atoms with van der Waals surface area (Å²) in [5, 5.41) is 9.34. The topological polar surface area (TPSA) is 62.3 Å². The minimum Gasteiger partial charge on any atom is -0.506 e. The molecule has 4 heteroatoms.